The smallest absolute Gasteiger partial charge is 0.193 e. The highest BCUT2D eigenvalue weighted by molar-refractivity contribution is 14.0. The summed E-state index contributed by atoms with van der Waals surface area (Å²) >= 11 is 0. The SMILES string of the molecule is CN=C(NCc1cn2c(C)cccc2n1)N(C)CCC1CCOCC1.I. The molecule has 0 bridgehead atoms. The fourth-order valence-corrected chi connectivity index (χ4v) is 3.36. The van der Waals surface area contributed by atoms with E-state index in [1.807, 2.05) is 19.2 Å². The van der Waals surface area contributed by atoms with Crippen LogP contribution in [0.25, 0.3) is 5.65 Å². The van der Waals surface area contributed by atoms with Crippen molar-refractivity contribution in [2.24, 2.45) is 10.9 Å². The maximum Gasteiger partial charge on any atom is 0.193 e. The maximum absolute atomic E-state index is 5.44. The standard InChI is InChI=1S/C19H29N5O.HI/c1-15-5-4-6-18-22-17(14-24(15)18)13-21-19(20-2)23(3)10-7-16-8-11-25-12-9-16;/h4-6,14,16H,7-13H2,1-3H3,(H,20,21);1H. The molecule has 0 amide bonds. The Balaban J connectivity index is 0.00000243. The van der Waals surface area contributed by atoms with Crippen molar-refractivity contribution in [2.75, 3.05) is 33.9 Å². The van der Waals surface area contributed by atoms with Crippen LogP contribution in [0, 0.1) is 12.8 Å². The molecule has 0 aromatic carbocycles. The lowest BCUT2D eigenvalue weighted by Crippen LogP contribution is -2.39. The number of halogens is 1. The van der Waals surface area contributed by atoms with Gasteiger partial charge in [0.2, 0.25) is 0 Å². The fraction of sp³-hybridized carbons (Fsp3) is 0.579. The van der Waals surface area contributed by atoms with Crippen LogP contribution in [0.1, 0.15) is 30.7 Å². The molecule has 0 saturated carbocycles. The van der Waals surface area contributed by atoms with E-state index in [2.05, 4.69) is 50.8 Å². The second kappa shape index (κ2) is 10.1. The quantitative estimate of drug-likeness (QED) is 0.414. The number of rotatable bonds is 5. The molecule has 7 heteroatoms. The number of guanidine groups is 1. The molecule has 0 spiro atoms. The lowest BCUT2D eigenvalue weighted by molar-refractivity contribution is 0.0625. The minimum absolute atomic E-state index is 0. The number of imidazole rings is 1. The Morgan fingerprint density at radius 1 is 1.38 bits per heavy atom. The number of hydrogen-bond donors (Lipinski definition) is 1. The van der Waals surface area contributed by atoms with Crippen molar-refractivity contribution >= 4 is 35.6 Å². The second-order valence-electron chi connectivity index (χ2n) is 6.79. The first-order chi connectivity index (χ1) is 12.2. The number of nitrogens with zero attached hydrogens (tertiary/aromatic N) is 4. The van der Waals surface area contributed by atoms with Crippen molar-refractivity contribution in [1.29, 1.82) is 0 Å². The molecule has 0 aliphatic carbocycles. The van der Waals surface area contributed by atoms with Crippen LogP contribution in [0.15, 0.2) is 29.4 Å². The number of nitrogens with one attached hydrogen (secondary N) is 1. The maximum atomic E-state index is 5.44. The van der Waals surface area contributed by atoms with Crippen molar-refractivity contribution in [2.45, 2.75) is 32.7 Å². The van der Waals surface area contributed by atoms with E-state index in [9.17, 15) is 0 Å². The van der Waals surface area contributed by atoms with Crippen LogP contribution in [-0.2, 0) is 11.3 Å². The Kier molecular flexibility index (Phi) is 8.15. The van der Waals surface area contributed by atoms with E-state index < -0.39 is 0 Å². The van der Waals surface area contributed by atoms with Crippen LogP contribution in [0.4, 0.5) is 0 Å². The van der Waals surface area contributed by atoms with Crippen molar-refractivity contribution in [3.8, 4) is 0 Å². The molecule has 1 N–H and O–H groups in total. The van der Waals surface area contributed by atoms with Crippen LogP contribution in [0.3, 0.4) is 0 Å². The molecule has 1 aliphatic rings. The van der Waals surface area contributed by atoms with Gasteiger partial charge in [-0.2, -0.15) is 0 Å². The molecule has 144 valence electrons. The first-order valence-electron chi connectivity index (χ1n) is 9.10. The summed E-state index contributed by atoms with van der Waals surface area (Å²) in [4.78, 5) is 11.3. The van der Waals surface area contributed by atoms with Gasteiger partial charge in [-0.05, 0) is 44.2 Å². The Labute approximate surface area is 173 Å². The molecule has 1 saturated heterocycles. The van der Waals surface area contributed by atoms with Crippen molar-refractivity contribution in [3.63, 3.8) is 0 Å². The van der Waals surface area contributed by atoms with Gasteiger partial charge in [-0.25, -0.2) is 4.98 Å². The van der Waals surface area contributed by atoms with E-state index >= 15 is 0 Å². The van der Waals surface area contributed by atoms with Gasteiger partial charge in [0.05, 0.1) is 12.2 Å². The van der Waals surface area contributed by atoms with Crippen LogP contribution < -0.4 is 5.32 Å². The van der Waals surface area contributed by atoms with E-state index in [1.54, 1.807) is 0 Å². The summed E-state index contributed by atoms with van der Waals surface area (Å²) in [6.07, 6.45) is 5.64. The third-order valence-corrected chi connectivity index (χ3v) is 4.96. The summed E-state index contributed by atoms with van der Waals surface area (Å²) in [5.41, 5.74) is 3.20. The molecule has 0 radical (unpaired) electrons. The largest absolute Gasteiger partial charge is 0.381 e. The monoisotopic (exact) mass is 471 g/mol. The van der Waals surface area contributed by atoms with Crippen molar-refractivity contribution in [3.05, 3.63) is 35.8 Å². The van der Waals surface area contributed by atoms with Gasteiger partial charge in [0, 0.05) is 45.7 Å². The molecular formula is C19H30IN5O. The number of aryl methyl sites for hydroxylation is 1. The predicted molar refractivity (Wildman–Crippen MR) is 116 cm³/mol. The Bertz CT molecular complexity index is 724. The van der Waals surface area contributed by atoms with Crippen molar-refractivity contribution in [1.82, 2.24) is 19.6 Å². The highest BCUT2D eigenvalue weighted by Crippen LogP contribution is 2.18. The van der Waals surface area contributed by atoms with Gasteiger partial charge in [-0.3, -0.25) is 4.99 Å². The summed E-state index contributed by atoms with van der Waals surface area (Å²) in [6, 6.07) is 6.16. The number of hydrogen-bond acceptors (Lipinski definition) is 3. The van der Waals surface area contributed by atoms with E-state index in [4.69, 9.17) is 4.74 Å². The first kappa shape index (κ1) is 21.0. The third kappa shape index (κ3) is 5.33. The Morgan fingerprint density at radius 2 is 2.15 bits per heavy atom. The zero-order chi connectivity index (χ0) is 17.6. The van der Waals surface area contributed by atoms with Gasteiger partial charge in [-0.1, -0.05) is 6.07 Å². The summed E-state index contributed by atoms with van der Waals surface area (Å²) in [6.45, 7) is 5.60. The molecule has 6 nitrogen and oxygen atoms in total. The molecular weight excluding hydrogens is 441 g/mol. The third-order valence-electron chi connectivity index (χ3n) is 4.96. The molecule has 1 fully saturated rings. The summed E-state index contributed by atoms with van der Waals surface area (Å²) in [5.74, 6) is 1.69. The summed E-state index contributed by atoms with van der Waals surface area (Å²) in [5, 5.41) is 3.43. The lowest BCUT2D eigenvalue weighted by atomic mass is 9.96. The minimum Gasteiger partial charge on any atom is -0.381 e. The average molecular weight is 471 g/mol. The van der Waals surface area contributed by atoms with Gasteiger partial charge in [0.25, 0.3) is 0 Å². The number of fused-ring (bicyclic) bond motifs is 1. The fourth-order valence-electron chi connectivity index (χ4n) is 3.36. The number of ether oxygens (including phenoxy) is 1. The van der Waals surface area contributed by atoms with Crippen LogP contribution in [0.2, 0.25) is 0 Å². The van der Waals surface area contributed by atoms with Gasteiger partial charge in [0.1, 0.15) is 5.65 Å². The second-order valence-corrected chi connectivity index (χ2v) is 6.79. The van der Waals surface area contributed by atoms with Crippen LogP contribution in [0.5, 0.6) is 0 Å². The van der Waals surface area contributed by atoms with Crippen molar-refractivity contribution < 1.29 is 4.74 Å². The normalized spacial score (nSPS) is 15.7. The molecule has 3 rings (SSSR count). The minimum atomic E-state index is 0. The lowest BCUT2D eigenvalue weighted by Gasteiger charge is -2.26. The van der Waals surface area contributed by atoms with Gasteiger partial charge in [-0.15, -0.1) is 24.0 Å². The van der Waals surface area contributed by atoms with Gasteiger partial charge >= 0.3 is 0 Å². The Morgan fingerprint density at radius 3 is 2.85 bits per heavy atom. The summed E-state index contributed by atoms with van der Waals surface area (Å²) in [7, 11) is 3.93. The highest BCUT2D eigenvalue weighted by Gasteiger charge is 2.15. The molecule has 0 atom stereocenters. The Hall–Kier alpha value is -1.35. The molecule has 26 heavy (non-hydrogen) atoms. The number of aliphatic imine (C=N–C) groups is 1. The van der Waals surface area contributed by atoms with E-state index in [0.29, 0.717) is 6.54 Å². The van der Waals surface area contributed by atoms with Gasteiger partial charge in [0.15, 0.2) is 5.96 Å². The highest BCUT2D eigenvalue weighted by atomic mass is 127. The van der Waals surface area contributed by atoms with E-state index in [1.165, 1.54) is 25.0 Å². The van der Waals surface area contributed by atoms with E-state index in [0.717, 1.165) is 43.0 Å². The zero-order valence-electron chi connectivity index (χ0n) is 15.9. The molecule has 1 aliphatic heterocycles. The number of aromatic nitrogens is 2. The molecule has 0 unspecified atom stereocenters. The molecule has 3 heterocycles. The topological polar surface area (TPSA) is 54.2 Å². The average Bonchev–Trinajstić information content (AvgIpc) is 3.06. The van der Waals surface area contributed by atoms with Gasteiger partial charge < -0.3 is 19.4 Å². The predicted octanol–water partition coefficient (Wildman–Crippen LogP) is 3.08. The molecule has 2 aromatic heterocycles. The zero-order valence-corrected chi connectivity index (χ0v) is 18.3. The van der Waals surface area contributed by atoms with E-state index in [-0.39, 0.29) is 24.0 Å². The first-order valence-corrected chi connectivity index (χ1v) is 9.10. The summed E-state index contributed by atoms with van der Waals surface area (Å²) < 4.78 is 7.56. The number of pyridine rings is 1. The molecule has 2 aromatic rings. The van der Waals surface area contributed by atoms with Crippen LogP contribution in [-0.4, -0.2) is 54.1 Å². The van der Waals surface area contributed by atoms with Crippen LogP contribution >= 0.6 is 24.0 Å².